The van der Waals surface area contributed by atoms with Crippen LogP contribution >= 0.6 is 34.7 Å². The van der Waals surface area contributed by atoms with Gasteiger partial charge >= 0.3 is 0 Å². The summed E-state index contributed by atoms with van der Waals surface area (Å²) in [5.41, 5.74) is 4.06. The van der Waals surface area contributed by atoms with E-state index in [1.165, 1.54) is 23.1 Å². The zero-order chi connectivity index (χ0) is 24.9. The van der Waals surface area contributed by atoms with Crippen molar-refractivity contribution < 1.29 is 4.79 Å². The Bertz CT molecular complexity index is 1500. The predicted molar refractivity (Wildman–Crippen MR) is 147 cm³/mol. The molecule has 1 amide bonds. The molecule has 0 atom stereocenters. The van der Waals surface area contributed by atoms with Gasteiger partial charge in [0.25, 0.3) is 0 Å². The number of thiazole rings is 1. The van der Waals surface area contributed by atoms with Crippen molar-refractivity contribution in [2.75, 3.05) is 11.1 Å². The number of amides is 1. The van der Waals surface area contributed by atoms with Crippen LogP contribution in [0.3, 0.4) is 0 Å². The third-order valence-corrected chi connectivity index (χ3v) is 7.59. The van der Waals surface area contributed by atoms with Gasteiger partial charge in [-0.05, 0) is 36.2 Å². The number of hydrogen-bond acceptors (Lipinski definition) is 6. The van der Waals surface area contributed by atoms with E-state index in [1.807, 2.05) is 84.3 Å². The van der Waals surface area contributed by atoms with Crippen LogP contribution in [0.1, 0.15) is 16.0 Å². The lowest BCUT2D eigenvalue weighted by molar-refractivity contribution is -0.113. The Morgan fingerprint density at radius 3 is 2.64 bits per heavy atom. The molecule has 2 heterocycles. The molecule has 36 heavy (non-hydrogen) atoms. The maximum Gasteiger partial charge on any atom is 0.236 e. The first-order chi connectivity index (χ1) is 17.6. The molecule has 9 heteroatoms. The zero-order valence-corrected chi connectivity index (χ0v) is 21.8. The number of halogens is 1. The maximum atomic E-state index is 12.7. The highest BCUT2D eigenvalue weighted by Crippen LogP contribution is 2.29. The molecule has 0 bridgehead atoms. The average Bonchev–Trinajstić information content (AvgIpc) is 3.51. The van der Waals surface area contributed by atoms with Crippen molar-refractivity contribution in [2.24, 2.45) is 0 Å². The Balaban J connectivity index is 1.30. The summed E-state index contributed by atoms with van der Waals surface area (Å²) in [4.78, 5) is 18.1. The molecule has 5 rings (SSSR count). The van der Waals surface area contributed by atoms with Crippen LogP contribution in [0.25, 0.3) is 17.1 Å². The van der Waals surface area contributed by atoms with E-state index in [4.69, 9.17) is 11.6 Å². The third kappa shape index (κ3) is 5.67. The highest BCUT2D eigenvalue weighted by molar-refractivity contribution is 7.99. The van der Waals surface area contributed by atoms with Gasteiger partial charge < -0.3 is 5.32 Å². The fraction of sp³-hybridized carbons (Fsp3) is 0.111. The summed E-state index contributed by atoms with van der Waals surface area (Å²) in [5.74, 6) is 0.755. The normalized spacial score (nSPS) is 10.9. The molecule has 6 nitrogen and oxygen atoms in total. The Morgan fingerprint density at radius 2 is 1.83 bits per heavy atom. The molecule has 0 aliphatic heterocycles. The number of carbonyl (C=O) groups is 1. The fourth-order valence-corrected chi connectivity index (χ4v) is 5.51. The Morgan fingerprint density at radius 1 is 1.03 bits per heavy atom. The van der Waals surface area contributed by atoms with Crippen molar-refractivity contribution in [1.82, 2.24) is 19.7 Å². The van der Waals surface area contributed by atoms with Gasteiger partial charge in [-0.3, -0.25) is 9.36 Å². The van der Waals surface area contributed by atoms with Crippen LogP contribution in [0.2, 0.25) is 5.02 Å². The summed E-state index contributed by atoms with van der Waals surface area (Å²) in [7, 11) is 0. The number of hydrogen-bond donors (Lipinski definition) is 1. The lowest BCUT2D eigenvalue weighted by Crippen LogP contribution is -2.14. The summed E-state index contributed by atoms with van der Waals surface area (Å²) in [6, 6.07) is 25.8. The van der Waals surface area contributed by atoms with Crippen LogP contribution < -0.4 is 5.32 Å². The van der Waals surface area contributed by atoms with Crippen molar-refractivity contribution in [1.29, 1.82) is 0 Å². The standard InChI is InChI=1S/C27H22ClN5OS2/c1-18-8-7-12-21(14-18)33-25(19-9-3-2-4-10-19)31-32-27(33)35-17-24(34)30-26-29-16-22(36-26)15-20-11-5-6-13-23(20)28/h2-14,16H,15,17H2,1H3,(H,29,30,34). The van der Waals surface area contributed by atoms with E-state index in [0.29, 0.717) is 16.7 Å². The summed E-state index contributed by atoms with van der Waals surface area (Å²) in [6.45, 7) is 2.05. The molecule has 180 valence electrons. The highest BCUT2D eigenvalue weighted by Gasteiger charge is 2.18. The fourth-order valence-electron chi connectivity index (χ4n) is 3.70. The summed E-state index contributed by atoms with van der Waals surface area (Å²) >= 11 is 9.05. The number of nitrogens with zero attached hydrogens (tertiary/aromatic N) is 4. The first kappa shape index (κ1) is 24.2. The van der Waals surface area contributed by atoms with Gasteiger partial charge in [0.2, 0.25) is 5.91 Å². The quantitative estimate of drug-likeness (QED) is 0.226. The Hall–Kier alpha value is -3.46. The van der Waals surface area contributed by atoms with E-state index < -0.39 is 0 Å². The van der Waals surface area contributed by atoms with E-state index in [0.717, 1.165) is 38.1 Å². The molecule has 0 aliphatic rings. The molecule has 0 radical (unpaired) electrons. The SMILES string of the molecule is Cc1cccc(-n2c(SCC(=O)Nc3ncc(Cc4ccccc4Cl)s3)nnc2-c2ccccc2)c1. The van der Waals surface area contributed by atoms with E-state index in [2.05, 4.69) is 26.6 Å². The van der Waals surface area contributed by atoms with Crippen LogP contribution in [-0.2, 0) is 11.2 Å². The van der Waals surface area contributed by atoms with Crippen molar-refractivity contribution in [2.45, 2.75) is 18.5 Å². The van der Waals surface area contributed by atoms with Crippen LogP contribution in [-0.4, -0.2) is 31.4 Å². The summed E-state index contributed by atoms with van der Waals surface area (Å²) < 4.78 is 1.99. The Kier molecular flexibility index (Phi) is 7.46. The minimum Gasteiger partial charge on any atom is -0.301 e. The van der Waals surface area contributed by atoms with E-state index in [9.17, 15) is 4.79 Å². The van der Waals surface area contributed by atoms with Gasteiger partial charge in [-0.2, -0.15) is 0 Å². The van der Waals surface area contributed by atoms with Crippen molar-refractivity contribution in [3.05, 3.63) is 106 Å². The zero-order valence-electron chi connectivity index (χ0n) is 19.4. The number of thioether (sulfide) groups is 1. The van der Waals surface area contributed by atoms with Crippen molar-refractivity contribution in [3.63, 3.8) is 0 Å². The monoisotopic (exact) mass is 531 g/mol. The van der Waals surface area contributed by atoms with Crippen molar-refractivity contribution in [3.8, 4) is 17.1 Å². The van der Waals surface area contributed by atoms with E-state index >= 15 is 0 Å². The van der Waals surface area contributed by atoms with Gasteiger partial charge in [-0.25, -0.2) is 4.98 Å². The van der Waals surface area contributed by atoms with Crippen molar-refractivity contribution >= 4 is 45.7 Å². The second-order valence-electron chi connectivity index (χ2n) is 8.08. The molecule has 5 aromatic rings. The lowest BCUT2D eigenvalue weighted by atomic mass is 10.1. The first-order valence-corrected chi connectivity index (χ1v) is 13.4. The number of benzene rings is 3. The van der Waals surface area contributed by atoms with Gasteiger partial charge in [-0.1, -0.05) is 84.0 Å². The van der Waals surface area contributed by atoms with Gasteiger partial charge in [0.05, 0.1) is 5.75 Å². The molecule has 1 N–H and O–H groups in total. The number of aryl methyl sites for hydroxylation is 1. The summed E-state index contributed by atoms with van der Waals surface area (Å²) in [6.07, 6.45) is 2.45. The molecule has 0 unspecified atom stereocenters. The topological polar surface area (TPSA) is 72.7 Å². The summed E-state index contributed by atoms with van der Waals surface area (Å²) in [5, 5.41) is 13.7. The molecule has 0 saturated heterocycles. The minimum atomic E-state index is -0.154. The number of nitrogens with one attached hydrogen (secondary N) is 1. The minimum absolute atomic E-state index is 0.154. The smallest absolute Gasteiger partial charge is 0.236 e. The number of carbonyl (C=O) groups excluding carboxylic acids is 1. The molecule has 0 saturated carbocycles. The molecule has 0 aliphatic carbocycles. The van der Waals surface area contributed by atoms with Gasteiger partial charge in [0.1, 0.15) is 0 Å². The molecule has 0 spiro atoms. The number of aromatic nitrogens is 4. The van der Waals surface area contributed by atoms with Gasteiger partial charge in [-0.15, -0.1) is 21.5 Å². The van der Waals surface area contributed by atoms with E-state index in [-0.39, 0.29) is 11.7 Å². The van der Waals surface area contributed by atoms with Crippen LogP contribution in [0.4, 0.5) is 5.13 Å². The number of rotatable bonds is 8. The predicted octanol–water partition coefficient (Wildman–Crippen LogP) is 6.67. The van der Waals surface area contributed by atoms with Crippen LogP contribution in [0, 0.1) is 6.92 Å². The average molecular weight is 532 g/mol. The van der Waals surface area contributed by atoms with Crippen LogP contribution in [0.5, 0.6) is 0 Å². The van der Waals surface area contributed by atoms with Gasteiger partial charge in [0.15, 0.2) is 16.1 Å². The molecular formula is C27H22ClN5OS2. The second-order valence-corrected chi connectivity index (χ2v) is 10.5. The molecule has 0 fully saturated rings. The maximum absolute atomic E-state index is 12.7. The van der Waals surface area contributed by atoms with Crippen LogP contribution in [0.15, 0.2) is 90.2 Å². The lowest BCUT2D eigenvalue weighted by Gasteiger charge is -2.11. The molecular weight excluding hydrogens is 510 g/mol. The van der Waals surface area contributed by atoms with E-state index in [1.54, 1.807) is 6.20 Å². The second kappa shape index (κ2) is 11.1. The first-order valence-electron chi connectivity index (χ1n) is 11.3. The largest absolute Gasteiger partial charge is 0.301 e. The van der Waals surface area contributed by atoms with Gasteiger partial charge in [0, 0.05) is 33.8 Å². The Labute approximate surface area is 222 Å². The highest BCUT2D eigenvalue weighted by atomic mass is 35.5. The number of anilines is 1. The molecule has 3 aromatic carbocycles. The molecule has 2 aromatic heterocycles. The third-order valence-electron chi connectivity index (χ3n) is 5.38.